The van der Waals surface area contributed by atoms with Crippen LogP contribution in [0.3, 0.4) is 0 Å². The third kappa shape index (κ3) is 6.01. The Morgan fingerprint density at radius 3 is 2.67 bits per heavy atom. The molecule has 8 nitrogen and oxygen atoms in total. The van der Waals surface area contributed by atoms with E-state index in [0.717, 1.165) is 29.6 Å². The summed E-state index contributed by atoms with van der Waals surface area (Å²) in [5.41, 5.74) is 2.33. The van der Waals surface area contributed by atoms with Gasteiger partial charge in [0.15, 0.2) is 6.61 Å². The topological polar surface area (TPSA) is 97.7 Å². The Hall–Kier alpha value is -3.48. The van der Waals surface area contributed by atoms with Crippen molar-refractivity contribution in [2.75, 3.05) is 37.1 Å². The number of carbonyl (C=O) groups excluding carboxylic acids is 1. The molecule has 13 heteroatoms. The number of halogens is 4. The molecule has 3 aromatic rings. The molecule has 0 spiro atoms. The Bertz CT molecular complexity index is 1330. The highest BCUT2D eigenvalue weighted by Gasteiger charge is 2.27. The van der Waals surface area contributed by atoms with E-state index < -0.39 is 31.1 Å². The molecule has 2 heterocycles. The number of nitrogens with one attached hydrogen (secondary N) is 2. The van der Waals surface area contributed by atoms with Gasteiger partial charge in [0.2, 0.25) is 0 Å². The van der Waals surface area contributed by atoms with Crippen LogP contribution >= 0.6 is 0 Å². The van der Waals surface area contributed by atoms with Gasteiger partial charge in [0.25, 0.3) is 5.91 Å². The van der Waals surface area contributed by atoms with Crippen molar-refractivity contribution in [2.24, 2.45) is 4.36 Å². The number of hydrogen-bond acceptors (Lipinski definition) is 7. The van der Waals surface area contributed by atoms with Crippen LogP contribution in [0.4, 0.5) is 34.8 Å². The van der Waals surface area contributed by atoms with Crippen molar-refractivity contribution in [3.63, 3.8) is 0 Å². The van der Waals surface area contributed by atoms with E-state index in [-0.39, 0.29) is 22.1 Å². The van der Waals surface area contributed by atoms with Crippen LogP contribution < -0.4 is 20.1 Å². The summed E-state index contributed by atoms with van der Waals surface area (Å²) in [5, 5.41) is 5.40. The highest BCUT2D eigenvalue weighted by Crippen LogP contribution is 2.41. The maximum atomic E-state index is 13.9. The molecule has 0 radical (unpaired) electrons. The first-order valence-corrected chi connectivity index (χ1v) is 12.4. The molecule has 2 aromatic carbocycles. The Balaban J connectivity index is 1.63. The largest absolute Gasteiger partial charge is 0.494 e. The average Bonchev–Trinajstić information content (AvgIpc) is 2.79. The van der Waals surface area contributed by atoms with Gasteiger partial charge < -0.3 is 20.1 Å². The van der Waals surface area contributed by atoms with Gasteiger partial charge in [-0.3, -0.25) is 4.79 Å². The average molecular weight is 526 g/mol. The zero-order valence-corrected chi connectivity index (χ0v) is 20.2. The molecule has 36 heavy (non-hydrogen) atoms. The monoisotopic (exact) mass is 525 g/mol. The Kier molecular flexibility index (Phi) is 7.57. The standard InChI is InChI=1S/C23H23F4N5O3S/c1-13-20-16(9-17(21(13)34-2)32-36-6-3-7-36)29-12-30-22(20)31-15-5-4-14(24)8-18(15)35-10-19(33)28-11-23(25,26)27/h4-5,8-9,12H,3,6-7,10-11H2,1-2H3,(H,28,33)(H,29,30,31). The van der Waals surface area contributed by atoms with Gasteiger partial charge in [0, 0.05) is 28.5 Å². The van der Waals surface area contributed by atoms with Gasteiger partial charge in [0.05, 0.1) is 18.3 Å². The van der Waals surface area contributed by atoms with E-state index in [1.165, 1.54) is 18.5 Å². The van der Waals surface area contributed by atoms with E-state index in [9.17, 15) is 22.4 Å². The van der Waals surface area contributed by atoms with Gasteiger partial charge in [-0.15, -0.1) is 0 Å². The lowest BCUT2D eigenvalue weighted by molar-refractivity contribution is -0.139. The number of carbonyl (C=O) groups is 1. The number of fused-ring (bicyclic) bond motifs is 1. The van der Waals surface area contributed by atoms with Crippen molar-refractivity contribution < 1.29 is 31.8 Å². The van der Waals surface area contributed by atoms with Gasteiger partial charge in [0.1, 0.15) is 41.7 Å². The molecular weight excluding hydrogens is 502 g/mol. The number of nitrogens with zero attached hydrogens (tertiary/aromatic N) is 3. The predicted octanol–water partition coefficient (Wildman–Crippen LogP) is 4.72. The smallest absolute Gasteiger partial charge is 0.405 e. The molecule has 2 N–H and O–H groups in total. The maximum absolute atomic E-state index is 13.9. The second-order valence-corrected chi connectivity index (χ2v) is 9.86. The van der Waals surface area contributed by atoms with Gasteiger partial charge >= 0.3 is 6.18 Å². The molecule has 0 atom stereocenters. The predicted molar refractivity (Wildman–Crippen MR) is 129 cm³/mol. The van der Waals surface area contributed by atoms with Gasteiger partial charge in [-0.1, -0.05) is 10.7 Å². The van der Waals surface area contributed by atoms with Crippen molar-refractivity contribution in [1.82, 2.24) is 15.3 Å². The molecule has 4 rings (SSSR count). The summed E-state index contributed by atoms with van der Waals surface area (Å²) in [7, 11) is 1.53. The number of benzene rings is 2. The first-order valence-electron chi connectivity index (χ1n) is 10.9. The molecule has 1 fully saturated rings. The number of hydrogen-bond donors (Lipinski definition) is 2. The highest BCUT2D eigenvalue weighted by atomic mass is 32.2. The number of alkyl halides is 3. The summed E-state index contributed by atoms with van der Waals surface area (Å²) < 4.78 is 66.6. The number of ether oxygens (including phenoxy) is 2. The number of aryl methyl sites for hydroxylation is 1. The Morgan fingerprint density at radius 1 is 1.22 bits per heavy atom. The number of rotatable bonds is 8. The normalized spacial score (nSPS) is 13.7. The summed E-state index contributed by atoms with van der Waals surface area (Å²) in [6.45, 7) is -0.378. The fourth-order valence-electron chi connectivity index (χ4n) is 3.54. The van der Waals surface area contributed by atoms with Crippen molar-refractivity contribution >= 4 is 44.7 Å². The molecule has 1 aromatic heterocycles. The van der Waals surface area contributed by atoms with Gasteiger partial charge in [-0.05, 0) is 31.5 Å². The number of methoxy groups -OCH3 is 1. The maximum Gasteiger partial charge on any atom is 0.405 e. The van der Waals surface area contributed by atoms with Crippen LogP contribution in [0.25, 0.3) is 10.9 Å². The summed E-state index contributed by atoms with van der Waals surface area (Å²) >= 11 is 0. The first kappa shape index (κ1) is 25.6. The Morgan fingerprint density at radius 2 is 2.00 bits per heavy atom. The molecule has 1 amide bonds. The lowest BCUT2D eigenvalue weighted by Gasteiger charge is -2.19. The number of amides is 1. The quantitative estimate of drug-likeness (QED) is 0.413. The summed E-state index contributed by atoms with van der Waals surface area (Å²) in [6, 6.07) is 5.39. The van der Waals surface area contributed by atoms with Crippen LogP contribution in [0.15, 0.2) is 35.0 Å². The fourth-order valence-corrected chi connectivity index (χ4v) is 4.69. The van der Waals surface area contributed by atoms with E-state index in [1.807, 2.05) is 13.0 Å². The second kappa shape index (κ2) is 10.6. The summed E-state index contributed by atoms with van der Waals surface area (Å²) in [6.07, 6.45) is -2.04. The van der Waals surface area contributed by atoms with Crippen molar-refractivity contribution in [3.05, 3.63) is 42.0 Å². The zero-order valence-electron chi connectivity index (χ0n) is 19.4. The SMILES string of the molecule is COc1c(N=S2CCC2)cc2ncnc(Nc3ccc(F)cc3OCC(=O)NCC(F)(F)F)c2c1C. The van der Waals surface area contributed by atoms with Gasteiger partial charge in [-0.25, -0.2) is 18.7 Å². The summed E-state index contributed by atoms with van der Waals surface area (Å²) in [5.74, 6) is 1.34. The molecule has 1 saturated heterocycles. The third-order valence-electron chi connectivity index (χ3n) is 5.33. The molecular formula is C23H23F4N5O3S. The van der Waals surface area contributed by atoms with E-state index in [0.29, 0.717) is 28.2 Å². The van der Waals surface area contributed by atoms with Crippen LogP contribution in [0.2, 0.25) is 0 Å². The zero-order chi connectivity index (χ0) is 25.9. The van der Waals surface area contributed by atoms with Crippen LogP contribution in [0.5, 0.6) is 11.5 Å². The number of anilines is 2. The summed E-state index contributed by atoms with van der Waals surface area (Å²) in [4.78, 5) is 20.4. The molecule has 1 aliphatic heterocycles. The lowest BCUT2D eigenvalue weighted by Crippen LogP contribution is -2.36. The van der Waals surface area contributed by atoms with E-state index in [4.69, 9.17) is 13.8 Å². The lowest BCUT2D eigenvalue weighted by atomic mass is 10.1. The number of aromatic nitrogens is 2. The van der Waals surface area contributed by atoms with E-state index in [1.54, 1.807) is 12.4 Å². The van der Waals surface area contributed by atoms with Crippen molar-refractivity contribution in [2.45, 2.75) is 19.5 Å². The minimum absolute atomic E-state index is 0.0269. The molecule has 1 aliphatic rings. The van der Waals surface area contributed by atoms with E-state index in [2.05, 4.69) is 15.3 Å². The molecule has 0 saturated carbocycles. The highest BCUT2D eigenvalue weighted by molar-refractivity contribution is 7.88. The van der Waals surface area contributed by atoms with Crippen molar-refractivity contribution in [3.8, 4) is 11.5 Å². The molecule has 0 bridgehead atoms. The third-order valence-corrected chi connectivity index (χ3v) is 7.31. The van der Waals surface area contributed by atoms with Gasteiger partial charge in [-0.2, -0.15) is 13.2 Å². The van der Waals surface area contributed by atoms with Crippen molar-refractivity contribution in [1.29, 1.82) is 0 Å². The molecule has 192 valence electrons. The van der Waals surface area contributed by atoms with E-state index >= 15 is 0 Å². The Labute approximate surface area is 206 Å². The fraction of sp³-hybridized carbons (Fsp3) is 0.348. The minimum atomic E-state index is -4.56. The minimum Gasteiger partial charge on any atom is -0.494 e. The molecule has 0 unspecified atom stereocenters. The van der Waals surface area contributed by atoms with Crippen LogP contribution in [-0.4, -0.2) is 53.8 Å². The van der Waals surface area contributed by atoms with Crippen LogP contribution in [0.1, 0.15) is 12.0 Å². The van der Waals surface area contributed by atoms with Crippen LogP contribution in [0, 0.1) is 12.7 Å². The van der Waals surface area contributed by atoms with Crippen LogP contribution in [-0.2, 0) is 15.5 Å². The first-order chi connectivity index (χ1) is 17.1. The second-order valence-electron chi connectivity index (χ2n) is 7.93. The molecule has 0 aliphatic carbocycles.